The van der Waals surface area contributed by atoms with E-state index in [0.29, 0.717) is 32.8 Å². The van der Waals surface area contributed by atoms with Crippen molar-refractivity contribution in [2.24, 2.45) is 0 Å². The van der Waals surface area contributed by atoms with Gasteiger partial charge in [0.25, 0.3) is 10.1 Å². The van der Waals surface area contributed by atoms with Crippen LogP contribution < -0.4 is 4.57 Å². The molecule has 19 heavy (non-hydrogen) atoms. The molecular weight excluding hydrogens is 272 g/mol. The predicted molar refractivity (Wildman–Crippen MR) is 68.4 cm³/mol. The average molecular weight is 293 g/mol. The number of rotatable bonds is 10. The fourth-order valence-electron chi connectivity index (χ4n) is 1.55. The summed E-state index contributed by atoms with van der Waals surface area (Å²) in [5, 5.41) is 0. The molecule has 0 saturated heterocycles. The summed E-state index contributed by atoms with van der Waals surface area (Å²) in [6.45, 7) is 3.04. The van der Waals surface area contributed by atoms with Crippen LogP contribution in [0.1, 0.15) is 6.42 Å². The summed E-state index contributed by atoms with van der Waals surface area (Å²) in [7, 11) is -2.23. The number of hydrogen-bond acceptors (Lipinski definition) is 4. The molecule has 1 N–H and O–H groups in total. The van der Waals surface area contributed by atoms with Crippen molar-refractivity contribution in [3.63, 3.8) is 0 Å². The van der Waals surface area contributed by atoms with Crippen molar-refractivity contribution < 1.29 is 27.0 Å². The van der Waals surface area contributed by atoms with Crippen LogP contribution in [0.5, 0.6) is 0 Å². The van der Waals surface area contributed by atoms with Crippen molar-refractivity contribution in [2.45, 2.75) is 19.5 Å². The molecule has 0 bridgehead atoms. The van der Waals surface area contributed by atoms with Gasteiger partial charge >= 0.3 is 0 Å². The topological polar surface area (TPSA) is 81.6 Å². The van der Waals surface area contributed by atoms with Crippen LogP contribution in [0.25, 0.3) is 0 Å². The maximum absolute atomic E-state index is 10.6. The van der Waals surface area contributed by atoms with Crippen LogP contribution in [-0.4, -0.2) is 50.2 Å². The smallest absolute Gasteiger partial charge is 0.265 e. The molecule has 7 nitrogen and oxygen atoms in total. The van der Waals surface area contributed by atoms with E-state index >= 15 is 0 Å². The quantitative estimate of drug-likeness (QED) is 0.364. The van der Waals surface area contributed by atoms with Gasteiger partial charge in [-0.15, -0.1) is 0 Å². The molecule has 1 heterocycles. The van der Waals surface area contributed by atoms with E-state index in [9.17, 15) is 8.42 Å². The van der Waals surface area contributed by atoms with E-state index in [-0.39, 0.29) is 5.75 Å². The largest absolute Gasteiger partial charge is 0.382 e. The third-order valence-electron chi connectivity index (χ3n) is 2.49. The lowest BCUT2D eigenvalue weighted by molar-refractivity contribution is -0.696. The highest BCUT2D eigenvalue weighted by Crippen LogP contribution is 1.91. The molecule has 1 aromatic rings. The van der Waals surface area contributed by atoms with E-state index in [1.54, 1.807) is 7.11 Å². The van der Waals surface area contributed by atoms with Gasteiger partial charge in [-0.3, -0.25) is 4.55 Å². The summed E-state index contributed by atoms with van der Waals surface area (Å²) in [6.07, 6.45) is 6.02. The highest BCUT2D eigenvalue weighted by Gasteiger charge is 2.07. The van der Waals surface area contributed by atoms with E-state index in [4.69, 9.17) is 14.0 Å². The van der Waals surface area contributed by atoms with Gasteiger partial charge in [0.1, 0.15) is 18.9 Å². The number of aromatic nitrogens is 2. The van der Waals surface area contributed by atoms with Gasteiger partial charge in [-0.05, 0) is 0 Å². The van der Waals surface area contributed by atoms with E-state index in [1.165, 1.54) is 0 Å². The van der Waals surface area contributed by atoms with Crippen LogP contribution in [0.3, 0.4) is 0 Å². The number of imidazole rings is 1. The minimum Gasteiger partial charge on any atom is -0.382 e. The molecule has 0 spiro atoms. The van der Waals surface area contributed by atoms with Crippen molar-refractivity contribution in [2.75, 3.05) is 32.7 Å². The molecule has 110 valence electrons. The van der Waals surface area contributed by atoms with Crippen LogP contribution in [0.4, 0.5) is 0 Å². The van der Waals surface area contributed by atoms with Crippen LogP contribution in [0, 0.1) is 0 Å². The zero-order valence-corrected chi connectivity index (χ0v) is 11.9. The Hall–Kier alpha value is -0.960. The summed E-state index contributed by atoms with van der Waals surface area (Å²) in [6, 6.07) is 0. The second-order valence-electron chi connectivity index (χ2n) is 4.13. The molecular formula is C11H21N2O5S+. The van der Waals surface area contributed by atoms with E-state index in [2.05, 4.69) is 0 Å². The maximum atomic E-state index is 10.6. The zero-order chi connectivity index (χ0) is 14.1. The lowest BCUT2D eigenvalue weighted by atomic mass is 10.5. The molecule has 1 aromatic heterocycles. The molecule has 0 radical (unpaired) electrons. The van der Waals surface area contributed by atoms with Gasteiger partial charge in [0, 0.05) is 13.5 Å². The van der Waals surface area contributed by atoms with Crippen LogP contribution in [0.2, 0.25) is 0 Å². The van der Waals surface area contributed by atoms with Gasteiger partial charge in [0.15, 0.2) is 0 Å². The van der Waals surface area contributed by atoms with Crippen molar-refractivity contribution in [1.29, 1.82) is 0 Å². The fraction of sp³-hybridized carbons (Fsp3) is 0.727. The Kier molecular flexibility index (Phi) is 7.00. The normalized spacial score (nSPS) is 11.9. The summed E-state index contributed by atoms with van der Waals surface area (Å²) in [4.78, 5) is 0. The number of methoxy groups -OCH3 is 1. The maximum Gasteiger partial charge on any atom is 0.265 e. The highest BCUT2D eigenvalue weighted by atomic mass is 32.2. The first-order chi connectivity index (χ1) is 9.01. The summed E-state index contributed by atoms with van der Waals surface area (Å²) < 4.78 is 43.8. The van der Waals surface area contributed by atoms with Gasteiger partial charge < -0.3 is 9.47 Å². The minimum atomic E-state index is -3.86. The highest BCUT2D eigenvalue weighted by molar-refractivity contribution is 7.85. The van der Waals surface area contributed by atoms with Crippen LogP contribution in [0.15, 0.2) is 18.7 Å². The number of nitrogens with zero attached hydrogens (tertiary/aromatic N) is 2. The van der Waals surface area contributed by atoms with Crippen molar-refractivity contribution in [1.82, 2.24) is 4.57 Å². The van der Waals surface area contributed by atoms with Crippen LogP contribution in [-0.2, 0) is 32.7 Å². The molecule has 0 aromatic carbocycles. The Bertz CT molecular complexity index is 457. The Labute approximate surface area is 113 Å². The number of aryl methyl sites for hydroxylation is 1. The van der Waals surface area contributed by atoms with Gasteiger partial charge in [0.2, 0.25) is 6.33 Å². The first kappa shape index (κ1) is 16.1. The molecule has 1 rings (SSSR count). The monoisotopic (exact) mass is 293 g/mol. The number of hydrogen-bond donors (Lipinski definition) is 1. The summed E-state index contributed by atoms with van der Waals surface area (Å²) in [5.41, 5.74) is 0. The average Bonchev–Trinajstić information content (AvgIpc) is 2.75. The molecule has 8 heteroatoms. The predicted octanol–water partition coefficient (Wildman–Crippen LogP) is -0.283. The Morgan fingerprint density at radius 2 is 2.11 bits per heavy atom. The first-order valence-corrected chi connectivity index (χ1v) is 7.69. The number of ether oxygens (including phenoxy) is 2. The van der Waals surface area contributed by atoms with Crippen molar-refractivity contribution in [3.05, 3.63) is 18.7 Å². The summed E-state index contributed by atoms with van der Waals surface area (Å²) in [5.74, 6) is -0.217. The van der Waals surface area contributed by atoms with Gasteiger partial charge in [-0.25, -0.2) is 9.13 Å². The lowest BCUT2D eigenvalue weighted by Crippen LogP contribution is -2.32. The molecule has 0 atom stereocenters. The van der Waals surface area contributed by atoms with E-state index in [1.807, 2.05) is 27.9 Å². The fourth-order valence-corrected chi connectivity index (χ4v) is 2.04. The third-order valence-corrected chi connectivity index (χ3v) is 3.30. The first-order valence-electron chi connectivity index (χ1n) is 6.08. The van der Waals surface area contributed by atoms with Gasteiger partial charge in [0.05, 0.1) is 32.1 Å². The molecule has 0 aliphatic heterocycles. The second kappa shape index (κ2) is 8.26. The third kappa shape index (κ3) is 7.93. The SMILES string of the molecule is COCCOCCn1cc[n+](CCCS(=O)(=O)O)c1. The standard InChI is InChI=1S/C11H20N2O5S/c1-17-8-9-18-7-6-13-5-4-12(11-13)3-2-10-19(14,15)16/h4-5,11H,2-3,6-10H2,1H3/p+1. The molecule has 0 fully saturated rings. The van der Waals surface area contributed by atoms with E-state index < -0.39 is 10.1 Å². The lowest BCUT2D eigenvalue weighted by Gasteiger charge is -2.00. The summed E-state index contributed by atoms with van der Waals surface area (Å²) >= 11 is 0. The Morgan fingerprint density at radius 1 is 1.32 bits per heavy atom. The molecule has 0 aliphatic rings. The molecule has 0 aliphatic carbocycles. The van der Waals surface area contributed by atoms with Crippen LogP contribution >= 0.6 is 0 Å². The van der Waals surface area contributed by atoms with E-state index in [0.717, 1.165) is 6.54 Å². The zero-order valence-electron chi connectivity index (χ0n) is 11.1. The Morgan fingerprint density at radius 3 is 2.79 bits per heavy atom. The Balaban J connectivity index is 2.21. The molecule has 0 saturated carbocycles. The molecule has 0 amide bonds. The van der Waals surface area contributed by atoms with Gasteiger partial charge in [-0.1, -0.05) is 0 Å². The van der Waals surface area contributed by atoms with Gasteiger partial charge in [-0.2, -0.15) is 8.42 Å². The van der Waals surface area contributed by atoms with Crippen molar-refractivity contribution >= 4 is 10.1 Å². The molecule has 0 unspecified atom stereocenters. The minimum absolute atomic E-state index is 0.217. The second-order valence-corrected chi connectivity index (χ2v) is 5.71. The van der Waals surface area contributed by atoms with Crippen molar-refractivity contribution in [3.8, 4) is 0 Å².